The van der Waals surface area contributed by atoms with Gasteiger partial charge in [0.25, 0.3) is 0 Å². The SMILES string of the molecule is OC[C@H]1[C@H](c2ccc(-c3ccc(F)cc3)cc2)[C@@H]2CN(CCC(F)(F)F)CCCCN12. The van der Waals surface area contributed by atoms with E-state index < -0.39 is 12.6 Å². The van der Waals surface area contributed by atoms with E-state index in [-0.39, 0.29) is 37.0 Å². The number of nitrogens with zero attached hydrogens (tertiary/aromatic N) is 2. The number of hydrogen-bond acceptors (Lipinski definition) is 3. The highest BCUT2D eigenvalue weighted by Crippen LogP contribution is 2.42. The third-order valence-electron chi connectivity index (χ3n) is 6.64. The van der Waals surface area contributed by atoms with Crippen LogP contribution in [0.1, 0.15) is 30.7 Å². The van der Waals surface area contributed by atoms with Crippen LogP contribution >= 0.6 is 0 Å². The standard InChI is InChI=1S/C24H28F4N2O/c25-20-9-7-18(8-10-20)17-3-5-19(6-4-17)23-21-15-29(14-11-24(26,27)28)12-1-2-13-30(21)22(23)16-31/h3-10,21-23,31H,1-2,11-16H2/t21-,22-,23+/m0/s1. The Labute approximate surface area is 180 Å². The molecule has 0 aromatic heterocycles. The molecule has 1 N–H and O–H groups in total. The molecule has 4 rings (SSSR count). The summed E-state index contributed by atoms with van der Waals surface area (Å²) >= 11 is 0. The summed E-state index contributed by atoms with van der Waals surface area (Å²) in [5.74, 6) is -0.196. The topological polar surface area (TPSA) is 26.7 Å². The van der Waals surface area contributed by atoms with Gasteiger partial charge in [0.05, 0.1) is 13.0 Å². The minimum Gasteiger partial charge on any atom is -0.395 e. The van der Waals surface area contributed by atoms with Gasteiger partial charge in [-0.1, -0.05) is 36.4 Å². The third kappa shape index (κ3) is 5.10. The van der Waals surface area contributed by atoms with Crippen LogP contribution in [0.3, 0.4) is 0 Å². The number of benzene rings is 2. The van der Waals surface area contributed by atoms with E-state index in [9.17, 15) is 22.7 Å². The normalized spacial score (nSPS) is 25.4. The molecule has 3 nitrogen and oxygen atoms in total. The Kier molecular flexibility index (Phi) is 6.65. The highest BCUT2D eigenvalue weighted by Gasteiger charge is 2.49. The smallest absolute Gasteiger partial charge is 0.390 e. The first kappa shape index (κ1) is 22.2. The number of fused-ring (bicyclic) bond motifs is 1. The predicted molar refractivity (Wildman–Crippen MR) is 112 cm³/mol. The van der Waals surface area contributed by atoms with Crippen molar-refractivity contribution in [3.8, 4) is 11.1 Å². The van der Waals surface area contributed by atoms with Crippen LogP contribution in [0.4, 0.5) is 17.6 Å². The van der Waals surface area contributed by atoms with Crippen LogP contribution in [-0.2, 0) is 0 Å². The Balaban J connectivity index is 1.51. The second-order valence-electron chi connectivity index (χ2n) is 8.58. The lowest BCUT2D eigenvalue weighted by atomic mass is 9.74. The van der Waals surface area contributed by atoms with Crippen LogP contribution in [0.2, 0.25) is 0 Å². The fourth-order valence-electron chi connectivity index (χ4n) is 5.04. The van der Waals surface area contributed by atoms with E-state index >= 15 is 0 Å². The van der Waals surface area contributed by atoms with Gasteiger partial charge >= 0.3 is 6.18 Å². The van der Waals surface area contributed by atoms with Gasteiger partial charge in [-0.2, -0.15) is 13.2 Å². The molecule has 0 amide bonds. The van der Waals surface area contributed by atoms with Gasteiger partial charge in [-0.25, -0.2) is 4.39 Å². The second kappa shape index (κ2) is 9.27. The molecule has 2 aliphatic heterocycles. The summed E-state index contributed by atoms with van der Waals surface area (Å²) in [5.41, 5.74) is 2.98. The van der Waals surface area contributed by atoms with Crippen molar-refractivity contribution in [2.24, 2.45) is 0 Å². The fourth-order valence-corrected chi connectivity index (χ4v) is 5.04. The van der Waals surface area contributed by atoms with Crippen molar-refractivity contribution in [1.82, 2.24) is 9.80 Å². The lowest BCUT2D eigenvalue weighted by molar-refractivity contribution is -0.140. The van der Waals surface area contributed by atoms with Crippen molar-refractivity contribution in [2.75, 3.05) is 32.8 Å². The number of hydrogen-bond donors (Lipinski definition) is 1. The van der Waals surface area contributed by atoms with E-state index in [1.165, 1.54) is 12.1 Å². The summed E-state index contributed by atoms with van der Waals surface area (Å²) in [4.78, 5) is 4.19. The summed E-state index contributed by atoms with van der Waals surface area (Å²) in [6, 6.07) is 14.5. The van der Waals surface area contributed by atoms with Crippen molar-refractivity contribution in [3.63, 3.8) is 0 Å². The molecule has 2 aliphatic rings. The first-order valence-electron chi connectivity index (χ1n) is 10.9. The van der Waals surface area contributed by atoms with E-state index in [4.69, 9.17) is 0 Å². The molecule has 2 saturated heterocycles. The predicted octanol–water partition coefficient (Wildman–Crippen LogP) is 4.67. The van der Waals surface area contributed by atoms with E-state index in [1.54, 1.807) is 12.1 Å². The molecule has 0 aliphatic carbocycles. The van der Waals surface area contributed by atoms with Crippen LogP contribution in [0.15, 0.2) is 48.5 Å². The third-order valence-corrected chi connectivity index (χ3v) is 6.64. The Morgan fingerprint density at radius 2 is 1.52 bits per heavy atom. The summed E-state index contributed by atoms with van der Waals surface area (Å²) in [6.07, 6.45) is -3.15. The maximum atomic E-state index is 13.2. The first-order valence-corrected chi connectivity index (χ1v) is 10.9. The summed E-state index contributed by atoms with van der Waals surface area (Å²) < 4.78 is 51.4. The van der Waals surface area contributed by atoms with Gasteiger partial charge in [0.2, 0.25) is 0 Å². The molecule has 0 saturated carbocycles. The highest BCUT2D eigenvalue weighted by molar-refractivity contribution is 5.63. The Morgan fingerprint density at radius 1 is 0.903 bits per heavy atom. The minimum absolute atomic E-state index is 0.00997. The van der Waals surface area contributed by atoms with Crippen molar-refractivity contribution >= 4 is 0 Å². The molecule has 2 aromatic rings. The van der Waals surface area contributed by atoms with Gasteiger partial charge in [-0.3, -0.25) is 4.90 Å². The Morgan fingerprint density at radius 3 is 2.13 bits per heavy atom. The van der Waals surface area contributed by atoms with Gasteiger partial charge in [0, 0.05) is 31.1 Å². The Bertz CT molecular complexity index is 853. The number of aliphatic hydroxyl groups is 1. The van der Waals surface area contributed by atoms with E-state index in [1.807, 2.05) is 29.2 Å². The lowest BCUT2D eigenvalue weighted by Gasteiger charge is -2.57. The molecular weight excluding hydrogens is 408 g/mol. The van der Waals surface area contributed by atoms with Crippen molar-refractivity contribution in [1.29, 1.82) is 0 Å². The first-order chi connectivity index (χ1) is 14.9. The molecule has 0 bridgehead atoms. The zero-order valence-corrected chi connectivity index (χ0v) is 17.4. The molecule has 0 radical (unpaired) electrons. The van der Waals surface area contributed by atoms with Gasteiger partial charge in [0.15, 0.2) is 0 Å². The van der Waals surface area contributed by atoms with Crippen LogP contribution in [0.5, 0.6) is 0 Å². The second-order valence-corrected chi connectivity index (χ2v) is 8.58. The minimum atomic E-state index is -4.15. The Hall–Kier alpha value is -1.96. The van der Waals surface area contributed by atoms with Crippen molar-refractivity contribution in [2.45, 2.75) is 43.4 Å². The van der Waals surface area contributed by atoms with Crippen molar-refractivity contribution in [3.05, 3.63) is 59.9 Å². The molecule has 3 atom stereocenters. The quantitative estimate of drug-likeness (QED) is 0.690. The largest absolute Gasteiger partial charge is 0.395 e. The number of rotatable bonds is 5. The molecule has 0 spiro atoms. The van der Waals surface area contributed by atoms with Gasteiger partial charge in [-0.15, -0.1) is 0 Å². The number of alkyl halides is 3. The monoisotopic (exact) mass is 436 g/mol. The maximum absolute atomic E-state index is 13.2. The van der Waals surface area contributed by atoms with E-state index in [2.05, 4.69) is 4.90 Å². The summed E-state index contributed by atoms with van der Waals surface area (Å²) in [7, 11) is 0. The molecule has 0 unspecified atom stereocenters. The van der Waals surface area contributed by atoms with E-state index in [0.717, 1.165) is 36.1 Å². The van der Waals surface area contributed by atoms with Gasteiger partial charge < -0.3 is 10.0 Å². The zero-order valence-electron chi connectivity index (χ0n) is 17.4. The van der Waals surface area contributed by atoms with Crippen LogP contribution < -0.4 is 0 Å². The molecule has 2 aromatic carbocycles. The summed E-state index contributed by atoms with van der Waals surface area (Å²) in [5, 5.41) is 10.0. The van der Waals surface area contributed by atoms with Crippen LogP contribution in [0, 0.1) is 5.82 Å². The molecule has 168 valence electrons. The maximum Gasteiger partial charge on any atom is 0.390 e. The highest BCUT2D eigenvalue weighted by atomic mass is 19.4. The number of aliphatic hydroxyl groups excluding tert-OH is 1. The van der Waals surface area contributed by atoms with Crippen LogP contribution in [-0.4, -0.2) is 66.0 Å². The average Bonchev–Trinajstić information content (AvgIpc) is 2.72. The molecule has 2 fully saturated rings. The lowest BCUT2D eigenvalue weighted by Crippen LogP contribution is -2.67. The summed E-state index contributed by atoms with van der Waals surface area (Å²) in [6.45, 7) is 2.18. The molecule has 31 heavy (non-hydrogen) atoms. The molecule has 2 heterocycles. The zero-order chi connectivity index (χ0) is 22.0. The molecular formula is C24H28F4N2O. The molecule has 7 heteroatoms. The van der Waals surface area contributed by atoms with Gasteiger partial charge in [0.1, 0.15) is 5.82 Å². The number of halogens is 4. The van der Waals surface area contributed by atoms with Gasteiger partial charge in [-0.05, 0) is 54.8 Å². The van der Waals surface area contributed by atoms with E-state index in [0.29, 0.717) is 13.1 Å². The average molecular weight is 436 g/mol. The fraction of sp³-hybridized carbons (Fsp3) is 0.500. The van der Waals surface area contributed by atoms with Crippen molar-refractivity contribution < 1.29 is 22.7 Å². The van der Waals surface area contributed by atoms with Crippen LogP contribution in [0.25, 0.3) is 11.1 Å².